The Labute approximate surface area is 249 Å². The largest absolute Gasteiger partial charge is 0.340 e. The van der Waals surface area contributed by atoms with Crippen molar-refractivity contribution >= 4 is 52.9 Å². The van der Waals surface area contributed by atoms with Crippen LogP contribution in [0.1, 0.15) is 34.0 Å². The van der Waals surface area contributed by atoms with Gasteiger partial charge in [0.05, 0.1) is 16.3 Å². The summed E-state index contributed by atoms with van der Waals surface area (Å²) in [6.07, 6.45) is 2.64. The van der Waals surface area contributed by atoms with E-state index in [0.717, 1.165) is 35.2 Å². The Morgan fingerprint density at radius 2 is 1.44 bits per heavy atom. The van der Waals surface area contributed by atoms with E-state index >= 15 is 0 Å². The van der Waals surface area contributed by atoms with E-state index < -0.39 is 5.37 Å². The number of carbonyl (C=O) groups is 2. The Hall–Kier alpha value is -3.94. The first-order chi connectivity index (χ1) is 20.0. The van der Waals surface area contributed by atoms with Crippen LogP contribution in [0.2, 0.25) is 0 Å². The van der Waals surface area contributed by atoms with Gasteiger partial charge in [0, 0.05) is 22.9 Å². The number of fused-ring (bicyclic) bond motifs is 2. The molecule has 41 heavy (non-hydrogen) atoms. The van der Waals surface area contributed by atoms with Gasteiger partial charge in [-0.2, -0.15) is 0 Å². The highest BCUT2D eigenvalue weighted by atomic mass is 32.2. The van der Waals surface area contributed by atoms with Gasteiger partial charge in [-0.25, -0.2) is 9.69 Å². The van der Waals surface area contributed by atoms with Crippen LogP contribution in [0.25, 0.3) is 6.08 Å². The molecule has 2 heterocycles. The molecule has 4 aromatic carbocycles. The van der Waals surface area contributed by atoms with E-state index in [1.807, 2.05) is 68.5 Å². The van der Waals surface area contributed by atoms with Gasteiger partial charge in [0.25, 0.3) is 5.91 Å². The van der Waals surface area contributed by atoms with Gasteiger partial charge >= 0.3 is 6.03 Å². The van der Waals surface area contributed by atoms with E-state index in [2.05, 4.69) is 58.7 Å². The molecule has 1 atom stereocenters. The number of imide groups is 1. The third-order valence-electron chi connectivity index (χ3n) is 7.42. The number of nitrogens with one attached hydrogen (secondary N) is 1. The molecular formula is C34H31N3O2S2. The van der Waals surface area contributed by atoms with Crippen LogP contribution < -0.4 is 10.2 Å². The summed E-state index contributed by atoms with van der Waals surface area (Å²) in [5.74, 6) is -0.264. The smallest absolute Gasteiger partial charge is 0.325 e. The van der Waals surface area contributed by atoms with Crippen molar-refractivity contribution < 1.29 is 9.59 Å². The number of hydrogen-bond donors (Lipinski definition) is 1. The van der Waals surface area contributed by atoms with Crippen LogP contribution in [0.15, 0.2) is 112 Å². The average Bonchev–Trinajstić information content (AvgIpc) is 3.31. The molecule has 206 valence electrons. The van der Waals surface area contributed by atoms with Crippen molar-refractivity contribution in [2.45, 2.75) is 35.4 Å². The van der Waals surface area contributed by atoms with Gasteiger partial charge in [-0.3, -0.25) is 4.79 Å². The van der Waals surface area contributed by atoms with Crippen molar-refractivity contribution in [3.05, 3.63) is 124 Å². The Morgan fingerprint density at radius 3 is 2.12 bits per heavy atom. The van der Waals surface area contributed by atoms with E-state index in [0.29, 0.717) is 11.4 Å². The zero-order valence-electron chi connectivity index (χ0n) is 23.0. The molecule has 0 aromatic heterocycles. The first kappa shape index (κ1) is 27.2. The molecule has 1 unspecified atom stereocenters. The number of hydrogen-bond acceptors (Lipinski definition) is 5. The van der Waals surface area contributed by atoms with Gasteiger partial charge in [0.1, 0.15) is 5.37 Å². The number of aryl methyl sites for hydroxylation is 2. The van der Waals surface area contributed by atoms with Crippen molar-refractivity contribution in [3.63, 3.8) is 0 Å². The second-order valence-electron chi connectivity index (χ2n) is 10.1. The van der Waals surface area contributed by atoms with Crippen LogP contribution in [-0.4, -0.2) is 29.9 Å². The number of rotatable bonds is 6. The Morgan fingerprint density at radius 1 is 0.829 bits per heavy atom. The fraction of sp³-hybridized carbons (Fsp3) is 0.176. The van der Waals surface area contributed by atoms with Crippen molar-refractivity contribution in [1.29, 1.82) is 0 Å². The SMILES string of the molecule is Cc1ccccc1/C=C1/SC(c2ccccc2C)N(C(=O)NCCCN2c3ccccc3Sc3ccccc32)C1=O. The maximum atomic E-state index is 13.7. The molecule has 0 bridgehead atoms. The second-order valence-corrected chi connectivity index (χ2v) is 12.3. The lowest BCUT2D eigenvalue weighted by atomic mass is 10.1. The molecule has 7 heteroatoms. The van der Waals surface area contributed by atoms with Gasteiger partial charge in [-0.1, -0.05) is 96.3 Å². The zero-order valence-corrected chi connectivity index (χ0v) is 24.7. The number of para-hydroxylation sites is 2. The minimum atomic E-state index is -0.420. The van der Waals surface area contributed by atoms with Crippen LogP contribution >= 0.6 is 23.5 Å². The first-order valence-electron chi connectivity index (χ1n) is 13.8. The van der Waals surface area contributed by atoms with Crippen LogP contribution in [0.4, 0.5) is 16.2 Å². The molecule has 5 nitrogen and oxygen atoms in total. The third-order valence-corrected chi connectivity index (χ3v) is 9.78. The molecule has 0 radical (unpaired) electrons. The fourth-order valence-electron chi connectivity index (χ4n) is 5.24. The molecule has 2 aliphatic rings. The van der Waals surface area contributed by atoms with Crippen LogP contribution in [-0.2, 0) is 4.79 Å². The molecule has 2 aliphatic heterocycles. The Bertz CT molecular complexity index is 1610. The maximum absolute atomic E-state index is 13.7. The molecule has 0 spiro atoms. The summed E-state index contributed by atoms with van der Waals surface area (Å²) in [6.45, 7) is 5.25. The van der Waals surface area contributed by atoms with Gasteiger partial charge in [0.15, 0.2) is 0 Å². The number of urea groups is 1. The Kier molecular flexibility index (Phi) is 7.90. The van der Waals surface area contributed by atoms with Gasteiger partial charge in [-0.05, 0) is 72.9 Å². The van der Waals surface area contributed by atoms with E-state index in [9.17, 15) is 9.59 Å². The lowest BCUT2D eigenvalue weighted by Crippen LogP contribution is -2.43. The van der Waals surface area contributed by atoms with Gasteiger partial charge < -0.3 is 10.2 Å². The monoisotopic (exact) mass is 577 g/mol. The normalized spacial score (nSPS) is 17.0. The number of nitrogens with zero attached hydrogens (tertiary/aromatic N) is 2. The lowest BCUT2D eigenvalue weighted by molar-refractivity contribution is -0.123. The minimum Gasteiger partial charge on any atom is -0.340 e. The lowest BCUT2D eigenvalue weighted by Gasteiger charge is -2.32. The minimum absolute atomic E-state index is 0.264. The number of thioether (sulfide) groups is 1. The molecule has 0 aliphatic carbocycles. The zero-order chi connectivity index (χ0) is 28.3. The number of amides is 3. The summed E-state index contributed by atoms with van der Waals surface area (Å²) in [7, 11) is 0. The van der Waals surface area contributed by atoms with Crippen LogP contribution in [0.3, 0.4) is 0 Å². The van der Waals surface area contributed by atoms with Crippen molar-refractivity contribution in [1.82, 2.24) is 10.2 Å². The molecule has 6 rings (SSSR count). The molecule has 3 amide bonds. The highest BCUT2D eigenvalue weighted by Crippen LogP contribution is 2.48. The first-order valence-corrected chi connectivity index (χ1v) is 15.5. The van der Waals surface area contributed by atoms with Crippen LogP contribution in [0.5, 0.6) is 0 Å². The molecule has 0 saturated carbocycles. The second kappa shape index (κ2) is 11.9. The molecule has 4 aromatic rings. The van der Waals surface area contributed by atoms with E-state index in [1.165, 1.54) is 37.8 Å². The Balaban J connectivity index is 1.19. The van der Waals surface area contributed by atoms with E-state index in [1.54, 1.807) is 11.8 Å². The summed E-state index contributed by atoms with van der Waals surface area (Å²) < 4.78 is 0. The predicted octanol–water partition coefficient (Wildman–Crippen LogP) is 8.32. The quantitative estimate of drug-likeness (QED) is 0.184. The average molecular weight is 578 g/mol. The molecule has 1 N–H and O–H groups in total. The standard InChI is InChI=1S/C34H31N3O2S2/c1-23-12-3-5-14-25(23)22-31-32(38)37(33(41-31)26-15-6-4-13-24(26)2)34(39)35-20-11-21-36-27-16-7-9-18-29(27)40-30-19-10-8-17-28(30)36/h3-10,12-19,22,33H,11,20-21H2,1-2H3,(H,35,39)/b31-22+. The van der Waals surface area contributed by atoms with Crippen molar-refractivity contribution in [3.8, 4) is 0 Å². The fourth-order valence-corrected chi connectivity index (χ4v) is 7.66. The summed E-state index contributed by atoms with van der Waals surface area (Å²) >= 11 is 3.22. The number of anilines is 2. The van der Waals surface area contributed by atoms with Crippen molar-refractivity contribution in [2.75, 3.05) is 18.0 Å². The van der Waals surface area contributed by atoms with Crippen molar-refractivity contribution in [2.24, 2.45) is 0 Å². The van der Waals surface area contributed by atoms with Gasteiger partial charge in [0.2, 0.25) is 0 Å². The highest BCUT2D eigenvalue weighted by Gasteiger charge is 2.41. The number of carbonyl (C=O) groups excluding carboxylic acids is 2. The maximum Gasteiger partial charge on any atom is 0.325 e. The highest BCUT2D eigenvalue weighted by molar-refractivity contribution is 8.04. The molecule has 1 saturated heterocycles. The summed E-state index contributed by atoms with van der Waals surface area (Å²) in [6, 6.07) is 32.4. The summed E-state index contributed by atoms with van der Waals surface area (Å²) in [4.78, 5) is 34.0. The summed E-state index contributed by atoms with van der Waals surface area (Å²) in [5.41, 5.74) is 6.44. The molecule has 1 fully saturated rings. The topological polar surface area (TPSA) is 52.7 Å². The number of benzene rings is 4. The van der Waals surface area contributed by atoms with E-state index in [4.69, 9.17) is 0 Å². The molecular weight excluding hydrogens is 547 g/mol. The third kappa shape index (κ3) is 5.52. The van der Waals surface area contributed by atoms with E-state index in [-0.39, 0.29) is 11.9 Å². The van der Waals surface area contributed by atoms with Crippen LogP contribution in [0, 0.1) is 13.8 Å². The summed E-state index contributed by atoms with van der Waals surface area (Å²) in [5, 5.41) is 2.63. The predicted molar refractivity (Wildman–Crippen MR) is 170 cm³/mol. The van der Waals surface area contributed by atoms with Gasteiger partial charge in [-0.15, -0.1) is 0 Å².